The standard InChI is InChI=1S/C17H15F2N5O2S/c18-11-6-7-13(19)14(8-11)21-16(25)10-27-17-23-22-15(24(17)20)9-26-12-4-2-1-3-5-12/h1-8H,9-10,20H2,(H,21,25). The van der Waals surface area contributed by atoms with Gasteiger partial charge in [0, 0.05) is 6.07 Å². The smallest absolute Gasteiger partial charge is 0.234 e. The Morgan fingerprint density at radius 1 is 1.19 bits per heavy atom. The van der Waals surface area contributed by atoms with E-state index in [1.54, 1.807) is 12.1 Å². The molecule has 3 aromatic rings. The Morgan fingerprint density at radius 2 is 1.96 bits per heavy atom. The molecule has 10 heteroatoms. The number of carbonyl (C=O) groups is 1. The molecular weight excluding hydrogens is 376 g/mol. The van der Waals surface area contributed by atoms with Gasteiger partial charge in [0.1, 0.15) is 24.0 Å². The molecule has 140 valence electrons. The van der Waals surface area contributed by atoms with Gasteiger partial charge in [0.15, 0.2) is 5.82 Å². The van der Waals surface area contributed by atoms with Crippen molar-refractivity contribution in [3.8, 4) is 5.75 Å². The summed E-state index contributed by atoms with van der Waals surface area (Å²) in [5, 5.41) is 10.4. The van der Waals surface area contributed by atoms with Gasteiger partial charge in [0.05, 0.1) is 11.4 Å². The highest BCUT2D eigenvalue weighted by molar-refractivity contribution is 7.99. The highest BCUT2D eigenvalue weighted by atomic mass is 32.2. The highest BCUT2D eigenvalue weighted by Gasteiger charge is 2.14. The van der Waals surface area contributed by atoms with Gasteiger partial charge in [-0.25, -0.2) is 13.5 Å². The summed E-state index contributed by atoms with van der Waals surface area (Å²) in [6.07, 6.45) is 0. The van der Waals surface area contributed by atoms with Crippen molar-refractivity contribution in [3.05, 3.63) is 66.0 Å². The molecule has 3 rings (SSSR count). The van der Waals surface area contributed by atoms with Crippen LogP contribution in [0.5, 0.6) is 5.75 Å². The Morgan fingerprint density at radius 3 is 2.74 bits per heavy atom. The Hall–Kier alpha value is -3.14. The number of halogens is 2. The van der Waals surface area contributed by atoms with Crippen LogP contribution in [0, 0.1) is 11.6 Å². The number of nitrogen functional groups attached to an aromatic ring is 1. The number of carbonyl (C=O) groups excluding carboxylic acids is 1. The largest absolute Gasteiger partial charge is 0.486 e. The Balaban J connectivity index is 1.54. The first-order valence-electron chi connectivity index (χ1n) is 7.78. The van der Waals surface area contributed by atoms with Gasteiger partial charge in [-0.05, 0) is 24.3 Å². The maximum Gasteiger partial charge on any atom is 0.234 e. The normalized spacial score (nSPS) is 10.6. The number of benzene rings is 2. The van der Waals surface area contributed by atoms with Gasteiger partial charge < -0.3 is 15.9 Å². The van der Waals surface area contributed by atoms with Crippen LogP contribution in [0.1, 0.15) is 5.82 Å². The molecule has 1 aromatic heterocycles. The number of anilines is 1. The molecular formula is C17H15F2N5O2S. The van der Waals surface area contributed by atoms with Crippen molar-refractivity contribution in [1.82, 2.24) is 14.9 Å². The molecule has 0 saturated carbocycles. The van der Waals surface area contributed by atoms with Crippen molar-refractivity contribution in [1.29, 1.82) is 0 Å². The molecule has 0 saturated heterocycles. The van der Waals surface area contributed by atoms with Crippen LogP contribution in [-0.4, -0.2) is 26.5 Å². The monoisotopic (exact) mass is 391 g/mol. The van der Waals surface area contributed by atoms with Crippen molar-refractivity contribution >= 4 is 23.4 Å². The second kappa shape index (κ2) is 8.49. The van der Waals surface area contributed by atoms with Crippen molar-refractivity contribution in [2.24, 2.45) is 0 Å². The van der Waals surface area contributed by atoms with Gasteiger partial charge in [-0.1, -0.05) is 30.0 Å². The second-order valence-corrected chi connectivity index (χ2v) is 6.27. The summed E-state index contributed by atoms with van der Waals surface area (Å²) in [4.78, 5) is 11.9. The van der Waals surface area contributed by atoms with Crippen LogP contribution >= 0.6 is 11.8 Å². The number of para-hydroxylation sites is 1. The van der Waals surface area contributed by atoms with Crippen molar-refractivity contribution in [3.63, 3.8) is 0 Å². The van der Waals surface area contributed by atoms with Gasteiger partial charge >= 0.3 is 0 Å². The van der Waals surface area contributed by atoms with E-state index in [0.29, 0.717) is 11.6 Å². The molecule has 7 nitrogen and oxygen atoms in total. The van der Waals surface area contributed by atoms with E-state index in [1.165, 1.54) is 4.68 Å². The fraction of sp³-hybridized carbons (Fsp3) is 0.118. The summed E-state index contributed by atoms with van der Waals surface area (Å²) in [5.74, 6) is 4.92. The zero-order valence-electron chi connectivity index (χ0n) is 13.9. The summed E-state index contributed by atoms with van der Waals surface area (Å²) >= 11 is 1.01. The van der Waals surface area contributed by atoms with E-state index in [9.17, 15) is 13.6 Å². The molecule has 0 bridgehead atoms. The Bertz CT molecular complexity index is 936. The minimum absolute atomic E-state index is 0.106. The molecule has 2 aromatic carbocycles. The van der Waals surface area contributed by atoms with Crippen LogP contribution in [0.4, 0.5) is 14.5 Å². The van der Waals surface area contributed by atoms with Crippen molar-refractivity contribution in [2.45, 2.75) is 11.8 Å². The fourth-order valence-corrected chi connectivity index (χ4v) is 2.75. The van der Waals surface area contributed by atoms with E-state index in [1.807, 2.05) is 18.2 Å². The number of ether oxygens (including phenoxy) is 1. The molecule has 1 heterocycles. The number of thioether (sulfide) groups is 1. The molecule has 1 amide bonds. The first-order chi connectivity index (χ1) is 13.0. The summed E-state index contributed by atoms with van der Waals surface area (Å²) in [6, 6.07) is 11.9. The fourth-order valence-electron chi connectivity index (χ4n) is 2.08. The number of nitrogens with one attached hydrogen (secondary N) is 1. The van der Waals surface area contributed by atoms with Crippen LogP contribution in [0.25, 0.3) is 0 Å². The Kier molecular flexibility index (Phi) is 5.87. The summed E-state index contributed by atoms with van der Waals surface area (Å²) in [7, 11) is 0. The number of aromatic nitrogens is 3. The van der Waals surface area contributed by atoms with Crippen LogP contribution in [-0.2, 0) is 11.4 Å². The van der Waals surface area contributed by atoms with Crippen LogP contribution < -0.4 is 15.9 Å². The lowest BCUT2D eigenvalue weighted by molar-refractivity contribution is -0.113. The quantitative estimate of drug-likeness (QED) is 0.475. The van der Waals surface area contributed by atoms with Crippen LogP contribution in [0.2, 0.25) is 0 Å². The molecule has 0 fully saturated rings. The van der Waals surface area contributed by atoms with E-state index >= 15 is 0 Å². The number of hydrogen-bond donors (Lipinski definition) is 2. The lowest BCUT2D eigenvalue weighted by Gasteiger charge is -2.07. The van der Waals surface area contributed by atoms with Gasteiger partial charge in [0.2, 0.25) is 11.1 Å². The minimum atomic E-state index is -0.725. The van der Waals surface area contributed by atoms with Crippen molar-refractivity contribution < 1.29 is 18.3 Å². The van der Waals surface area contributed by atoms with E-state index < -0.39 is 17.5 Å². The number of nitrogens with zero attached hydrogens (tertiary/aromatic N) is 3. The molecule has 0 spiro atoms. The maximum absolute atomic E-state index is 13.5. The van der Waals surface area contributed by atoms with E-state index in [-0.39, 0.29) is 23.2 Å². The van der Waals surface area contributed by atoms with E-state index in [2.05, 4.69) is 15.5 Å². The third-order valence-corrected chi connectivity index (χ3v) is 4.32. The van der Waals surface area contributed by atoms with Gasteiger partial charge in [-0.3, -0.25) is 4.79 Å². The van der Waals surface area contributed by atoms with Gasteiger partial charge in [-0.15, -0.1) is 10.2 Å². The predicted molar refractivity (Wildman–Crippen MR) is 96.7 cm³/mol. The average Bonchev–Trinajstić information content (AvgIpc) is 3.02. The lowest BCUT2D eigenvalue weighted by Crippen LogP contribution is -2.18. The first kappa shape index (κ1) is 18.6. The first-order valence-corrected chi connectivity index (χ1v) is 8.76. The maximum atomic E-state index is 13.5. The number of nitrogens with two attached hydrogens (primary N) is 1. The molecule has 0 aliphatic carbocycles. The SMILES string of the molecule is Nn1c(COc2ccccc2)nnc1SCC(=O)Nc1cc(F)ccc1F. The van der Waals surface area contributed by atoms with Gasteiger partial charge in [0.25, 0.3) is 0 Å². The third-order valence-electron chi connectivity index (χ3n) is 3.38. The predicted octanol–water partition coefficient (Wildman–Crippen LogP) is 2.58. The lowest BCUT2D eigenvalue weighted by atomic mass is 10.3. The van der Waals surface area contributed by atoms with Gasteiger partial charge in [-0.2, -0.15) is 0 Å². The second-order valence-electron chi connectivity index (χ2n) is 5.33. The molecule has 0 aliphatic heterocycles. The third kappa shape index (κ3) is 4.94. The molecule has 3 N–H and O–H groups in total. The average molecular weight is 391 g/mol. The molecule has 0 unspecified atom stereocenters. The van der Waals surface area contributed by atoms with E-state index in [4.69, 9.17) is 10.6 Å². The molecule has 0 atom stereocenters. The topological polar surface area (TPSA) is 95.1 Å². The number of hydrogen-bond acceptors (Lipinski definition) is 6. The number of rotatable bonds is 7. The summed E-state index contributed by atoms with van der Waals surface area (Å²) in [6.45, 7) is 0.106. The number of amides is 1. The van der Waals surface area contributed by atoms with Crippen LogP contribution in [0.3, 0.4) is 0 Å². The Labute approximate surface area is 157 Å². The molecule has 0 aliphatic rings. The molecule has 0 radical (unpaired) electrons. The zero-order chi connectivity index (χ0) is 19.2. The zero-order valence-corrected chi connectivity index (χ0v) is 14.7. The minimum Gasteiger partial charge on any atom is -0.486 e. The summed E-state index contributed by atoms with van der Waals surface area (Å²) < 4.78 is 33.4. The summed E-state index contributed by atoms with van der Waals surface area (Å²) in [5.41, 5.74) is -0.230. The van der Waals surface area contributed by atoms with E-state index in [0.717, 1.165) is 30.0 Å². The molecule has 27 heavy (non-hydrogen) atoms. The highest BCUT2D eigenvalue weighted by Crippen LogP contribution is 2.19. The van der Waals surface area contributed by atoms with Crippen molar-refractivity contribution in [2.75, 3.05) is 16.9 Å². The van der Waals surface area contributed by atoms with Crippen LogP contribution in [0.15, 0.2) is 53.7 Å².